The molecule has 2 aromatic rings. The molecule has 0 saturated heterocycles. The number of nitriles is 1. The minimum atomic E-state index is -0.598. The molecule has 1 N–H and O–H groups in total. The van der Waals surface area contributed by atoms with Crippen LogP contribution in [0.25, 0.3) is 0 Å². The molecule has 0 saturated carbocycles. The molecule has 0 aliphatic rings. The predicted octanol–water partition coefficient (Wildman–Crippen LogP) is 2.96. The van der Waals surface area contributed by atoms with Gasteiger partial charge in [0, 0.05) is 18.2 Å². The van der Waals surface area contributed by atoms with E-state index in [4.69, 9.17) is 10.00 Å². The molecule has 0 amide bonds. The Hall–Kier alpha value is -3.07. The van der Waals surface area contributed by atoms with Crippen molar-refractivity contribution in [3.05, 3.63) is 58.1 Å². The maximum Gasteiger partial charge on any atom is 0.311 e. The SMILES string of the molecule is N#Cc1ccc([N+](=O)[O-])c(Oc2cccc(O)c2)c1. The van der Waals surface area contributed by atoms with Crippen LogP contribution in [0, 0.1) is 21.4 Å². The highest BCUT2D eigenvalue weighted by atomic mass is 16.6. The molecule has 0 atom stereocenters. The number of ether oxygens (including phenoxy) is 1. The van der Waals surface area contributed by atoms with E-state index >= 15 is 0 Å². The smallest absolute Gasteiger partial charge is 0.311 e. The van der Waals surface area contributed by atoms with Crippen molar-refractivity contribution < 1.29 is 14.8 Å². The summed E-state index contributed by atoms with van der Waals surface area (Å²) in [5.41, 5.74) is 0.00287. The summed E-state index contributed by atoms with van der Waals surface area (Å²) in [6.45, 7) is 0. The largest absolute Gasteiger partial charge is 0.508 e. The van der Waals surface area contributed by atoms with E-state index in [1.807, 2.05) is 6.07 Å². The van der Waals surface area contributed by atoms with Crippen LogP contribution in [0.3, 0.4) is 0 Å². The van der Waals surface area contributed by atoms with Crippen LogP contribution in [0.5, 0.6) is 17.2 Å². The number of hydrogen-bond donors (Lipinski definition) is 1. The van der Waals surface area contributed by atoms with Crippen LogP contribution in [0.2, 0.25) is 0 Å². The van der Waals surface area contributed by atoms with Crippen LogP contribution in [-0.4, -0.2) is 10.0 Å². The van der Waals surface area contributed by atoms with Crippen molar-refractivity contribution >= 4 is 5.69 Å². The normalized spacial score (nSPS) is 9.63. The third-order valence-electron chi connectivity index (χ3n) is 2.33. The number of nitrogens with zero attached hydrogens (tertiary/aromatic N) is 2. The van der Waals surface area contributed by atoms with Crippen molar-refractivity contribution in [3.63, 3.8) is 0 Å². The van der Waals surface area contributed by atoms with Crippen molar-refractivity contribution in [2.75, 3.05) is 0 Å². The molecule has 0 aromatic heterocycles. The van der Waals surface area contributed by atoms with Gasteiger partial charge in [-0.25, -0.2) is 0 Å². The quantitative estimate of drug-likeness (QED) is 0.672. The van der Waals surface area contributed by atoms with E-state index in [-0.39, 0.29) is 28.5 Å². The lowest BCUT2D eigenvalue weighted by atomic mass is 10.2. The Labute approximate surface area is 108 Å². The van der Waals surface area contributed by atoms with Gasteiger partial charge in [-0.15, -0.1) is 0 Å². The first-order valence-corrected chi connectivity index (χ1v) is 5.25. The van der Waals surface area contributed by atoms with Crippen LogP contribution in [-0.2, 0) is 0 Å². The highest BCUT2D eigenvalue weighted by Crippen LogP contribution is 2.33. The number of nitro benzene ring substituents is 1. The summed E-state index contributed by atoms with van der Waals surface area (Å²) in [6.07, 6.45) is 0. The number of phenols is 1. The Morgan fingerprint density at radius 3 is 2.68 bits per heavy atom. The molecule has 0 fully saturated rings. The number of aromatic hydroxyl groups is 1. The van der Waals surface area contributed by atoms with E-state index in [0.29, 0.717) is 0 Å². The molecule has 2 aromatic carbocycles. The Balaban J connectivity index is 2.43. The predicted molar refractivity (Wildman–Crippen MR) is 66.0 cm³/mol. The fraction of sp³-hybridized carbons (Fsp3) is 0. The molecular formula is C13H8N2O4. The lowest BCUT2D eigenvalue weighted by Crippen LogP contribution is -1.94. The van der Waals surface area contributed by atoms with Crippen LogP contribution in [0.15, 0.2) is 42.5 Å². The Bertz CT molecular complexity index is 677. The van der Waals surface area contributed by atoms with Crippen LogP contribution in [0.1, 0.15) is 5.56 Å². The zero-order valence-corrected chi connectivity index (χ0v) is 9.61. The van der Waals surface area contributed by atoms with E-state index < -0.39 is 4.92 Å². The lowest BCUT2D eigenvalue weighted by Gasteiger charge is -2.06. The van der Waals surface area contributed by atoms with E-state index in [1.54, 1.807) is 12.1 Å². The second-order valence-corrected chi connectivity index (χ2v) is 3.65. The Kier molecular flexibility index (Phi) is 3.30. The molecule has 0 aliphatic heterocycles. The maximum absolute atomic E-state index is 10.9. The van der Waals surface area contributed by atoms with Gasteiger partial charge in [0.1, 0.15) is 11.5 Å². The second-order valence-electron chi connectivity index (χ2n) is 3.65. The molecule has 0 spiro atoms. The molecule has 94 valence electrons. The van der Waals surface area contributed by atoms with E-state index in [0.717, 1.165) is 0 Å². The van der Waals surface area contributed by atoms with E-state index in [9.17, 15) is 15.2 Å². The molecule has 0 heterocycles. The van der Waals surface area contributed by atoms with Gasteiger partial charge in [0.25, 0.3) is 0 Å². The van der Waals surface area contributed by atoms with Crippen molar-refractivity contribution in [2.24, 2.45) is 0 Å². The number of phenolic OH excluding ortho intramolecular Hbond substituents is 1. The molecule has 0 bridgehead atoms. The van der Waals surface area contributed by atoms with Gasteiger partial charge in [-0.2, -0.15) is 5.26 Å². The summed E-state index contributed by atoms with van der Waals surface area (Å²) >= 11 is 0. The Morgan fingerprint density at radius 1 is 1.26 bits per heavy atom. The standard InChI is InChI=1S/C13H8N2O4/c14-8-9-4-5-12(15(17)18)13(6-9)19-11-3-1-2-10(16)7-11/h1-7,16H. The van der Waals surface area contributed by atoms with Gasteiger partial charge in [0.15, 0.2) is 0 Å². The monoisotopic (exact) mass is 256 g/mol. The molecule has 19 heavy (non-hydrogen) atoms. The van der Waals surface area contributed by atoms with Crippen molar-refractivity contribution in [2.45, 2.75) is 0 Å². The van der Waals surface area contributed by atoms with Gasteiger partial charge >= 0.3 is 5.69 Å². The van der Waals surface area contributed by atoms with Crippen LogP contribution in [0.4, 0.5) is 5.69 Å². The summed E-state index contributed by atoms with van der Waals surface area (Å²) in [5.74, 6) is 0.185. The molecule has 6 heteroatoms. The molecule has 0 unspecified atom stereocenters. The van der Waals surface area contributed by atoms with Crippen molar-refractivity contribution in [3.8, 4) is 23.3 Å². The minimum Gasteiger partial charge on any atom is -0.508 e. The zero-order chi connectivity index (χ0) is 13.8. The first-order chi connectivity index (χ1) is 9.10. The molecule has 6 nitrogen and oxygen atoms in total. The van der Waals surface area contributed by atoms with Gasteiger partial charge in [-0.3, -0.25) is 10.1 Å². The molecule has 0 radical (unpaired) electrons. The summed E-state index contributed by atoms with van der Waals surface area (Å²) < 4.78 is 5.34. The van der Waals surface area contributed by atoms with Crippen LogP contribution >= 0.6 is 0 Å². The fourth-order valence-corrected chi connectivity index (χ4v) is 1.49. The third kappa shape index (κ3) is 2.79. The van der Waals surface area contributed by atoms with Crippen molar-refractivity contribution in [1.29, 1.82) is 5.26 Å². The first kappa shape index (κ1) is 12.4. The van der Waals surface area contributed by atoms with Crippen LogP contribution < -0.4 is 4.74 Å². The van der Waals surface area contributed by atoms with Gasteiger partial charge in [0.2, 0.25) is 5.75 Å². The molecule has 0 aliphatic carbocycles. The van der Waals surface area contributed by atoms with E-state index in [2.05, 4.69) is 0 Å². The topological polar surface area (TPSA) is 96.4 Å². The molecular weight excluding hydrogens is 248 g/mol. The van der Waals surface area contributed by atoms with Gasteiger partial charge < -0.3 is 9.84 Å². The van der Waals surface area contributed by atoms with Gasteiger partial charge in [0.05, 0.1) is 16.6 Å². The summed E-state index contributed by atoms with van der Waals surface area (Å²) in [4.78, 5) is 10.3. The average Bonchev–Trinajstić information content (AvgIpc) is 2.38. The fourth-order valence-electron chi connectivity index (χ4n) is 1.49. The highest BCUT2D eigenvalue weighted by molar-refractivity contribution is 5.53. The number of hydrogen-bond acceptors (Lipinski definition) is 5. The first-order valence-electron chi connectivity index (χ1n) is 5.25. The number of rotatable bonds is 3. The van der Waals surface area contributed by atoms with Crippen molar-refractivity contribution in [1.82, 2.24) is 0 Å². The Morgan fingerprint density at radius 2 is 2.05 bits per heavy atom. The average molecular weight is 256 g/mol. The van der Waals surface area contributed by atoms with Gasteiger partial charge in [-0.05, 0) is 18.2 Å². The number of nitro groups is 1. The summed E-state index contributed by atoms with van der Waals surface area (Å²) in [7, 11) is 0. The maximum atomic E-state index is 10.9. The number of benzene rings is 2. The summed E-state index contributed by atoms with van der Waals surface area (Å²) in [5, 5.41) is 29.0. The highest BCUT2D eigenvalue weighted by Gasteiger charge is 2.16. The van der Waals surface area contributed by atoms with E-state index in [1.165, 1.54) is 30.3 Å². The lowest BCUT2D eigenvalue weighted by molar-refractivity contribution is -0.385. The summed E-state index contributed by atoms with van der Waals surface area (Å²) in [6, 6.07) is 11.6. The van der Waals surface area contributed by atoms with Gasteiger partial charge in [-0.1, -0.05) is 6.07 Å². The third-order valence-corrected chi connectivity index (χ3v) is 2.33. The molecule has 2 rings (SSSR count). The zero-order valence-electron chi connectivity index (χ0n) is 9.61. The minimum absolute atomic E-state index is 0.0170. The second kappa shape index (κ2) is 5.06.